The van der Waals surface area contributed by atoms with Crippen LogP contribution in [-0.4, -0.2) is 53.3 Å². The number of hydrogen-bond acceptors (Lipinski definition) is 7. The molecule has 2 N–H and O–H groups in total. The molecule has 0 saturated carbocycles. The molecular weight excluding hydrogens is 318 g/mol. The maximum absolute atomic E-state index is 12.4. The number of carbonyl (C=O) groups excluding carboxylic acids is 1. The van der Waals surface area contributed by atoms with Gasteiger partial charge in [0.2, 0.25) is 11.8 Å². The van der Waals surface area contributed by atoms with Crippen molar-refractivity contribution in [3.63, 3.8) is 0 Å². The number of methoxy groups -OCH3 is 2. The van der Waals surface area contributed by atoms with Crippen LogP contribution in [0.1, 0.15) is 27.2 Å². The number of nitrogens with zero attached hydrogens (tertiary/aromatic N) is 2. The first-order valence-electron chi connectivity index (χ1n) is 7.49. The van der Waals surface area contributed by atoms with Gasteiger partial charge < -0.3 is 24.6 Å². The van der Waals surface area contributed by atoms with E-state index in [4.69, 9.17) is 19.3 Å². The number of aliphatic carboxylic acids is 1. The molecule has 2 unspecified atom stereocenters. The van der Waals surface area contributed by atoms with E-state index in [2.05, 4.69) is 15.3 Å². The molecular formula is C15H23N3O6. The summed E-state index contributed by atoms with van der Waals surface area (Å²) in [5, 5.41) is 11.5. The second kappa shape index (κ2) is 8.90. The predicted molar refractivity (Wildman–Crippen MR) is 84.2 cm³/mol. The molecule has 0 aliphatic rings. The van der Waals surface area contributed by atoms with Crippen molar-refractivity contribution in [2.45, 2.75) is 39.3 Å². The SMILES string of the molecule is CCC(NC(=O)C(Oc1nc(OC)cc(OC)n1)C(C)C)C(=O)O. The fraction of sp³-hybridized carbons (Fsp3) is 0.600. The summed E-state index contributed by atoms with van der Waals surface area (Å²) >= 11 is 0. The molecule has 0 bridgehead atoms. The van der Waals surface area contributed by atoms with Gasteiger partial charge in [0, 0.05) is 0 Å². The van der Waals surface area contributed by atoms with E-state index in [1.807, 2.05) is 0 Å². The van der Waals surface area contributed by atoms with Gasteiger partial charge in [0.1, 0.15) is 6.04 Å². The number of aromatic nitrogens is 2. The molecule has 0 saturated heterocycles. The molecule has 1 aromatic heterocycles. The number of ether oxygens (including phenoxy) is 3. The third kappa shape index (κ3) is 5.25. The van der Waals surface area contributed by atoms with Crippen LogP contribution in [0.2, 0.25) is 0 Å². The summed E-state index contributed by atoms with van der Waals surface area (Å²) in [5.41, 5.74) is 0. The van der Waals surface area contributed by atoms with Gasteiger partial charge in [-0.2, -0.15) is 9.97 Å². The Balaban J connectivity index is 2.97. The van der Waals surface area contributed by atoms with Crippen LogP contribution < -0.4 is 19.5 Å². The molecule has 0 aliphatic heterocycles. The van der Waals surface area contributed by atoms with E-state index in [0.717, 1.165) is 0 Å². The molecule has 0 aromatic carbocycles. The molecule has 2 atom stereocenters. The Bertz CT molecular complexity index is 556. The highest BCUT2D eigenvalue weighted by atomic mass is 16.5. The highest BCUT2D eigenvalue weighted by Gasteiger charge is 2.29. The van der Waals surface area contributed by atoms with Gasteiger partial charge in [0.15, 0.2) is 6.10 Å². The summed E-state index contributed by atoms with van der Waals surface area (Å²) in [4.78, 5) is 31.4. The average Bonchev–Trinajstić information content (AvgIpc) is 2.56. The summed E-state index contributed by atoms with van der Waals surface area (Å²) in [6, 6.07) is 0.390. The minimum absolute atomic E-state index is 0.0941. The highest BCUT2D eigenvalue weighted by Crippen LogP contribution is 2.21. The second-order valence-corrected chi connectivity index (χ2v) is 5.33. The molecule has 24 heavy (non-hydrogen) atoms. The Morgan fingerprint density at radius 3 is 2.12 bits per heavy atom. The first-order chi connectivity index (χ1) is 11.3. The molecule has 9 nitrogen and oxygen atoms in total. The monoisotopic (exact) mass is 341 g/mol. The van der Waals surface area contributed by atoms with Gasteiger partial charge in [-0.25, -0.2) is 4.79 Å². The van der Waals surface area contributed by atoms with Gasteiger partial charge in [-0.3, -0.25) is 4.79 Å². The second-order valence-electron chi connectivity index (χ2n) is 5.33. The smallest absolute Gasteiger partial charge is 0.326 e. The fourth-order valence-corrected chi connectivity index (χ4v) is 1.84. The summed E-state index contributed by atoms with van der Waals surface area (Å²) in [5.74, 6) is -1.46. The predicted octanol–water partition coefficient (Wildman–Crippen LogP) is 0.877. The Morgan fingerprint density at radius 1 is 1.21 bits per heavy atom. The summed E-state index contributed by atoms with van der Waals surface area (Å²) in [6.45, 7) is 5.20. The zero-order valence-electron chi connectivity index (χ0n) is 14.4. The van der Waals surface area contributed by atoms with E-state index in [1.54, 1.807) is 20.8 Å². The van der Waals surface area contributed by atoms with Crippen LogP contribution >= 0.6 is 0 Å². The number of carbonyl (C=O) groups is 2. The lowest BCUT2D eigenvalue weighted by molar-refractivity contribution is -0.143. The van der Waals surface area contributed by atoms with E-state index >= 15 is 0 Å². The van der Waals surface area contributed by atoms with Crippen LogP contribution in [0.15, 0.2) is 6.07 Å². The summed E-state index contributed by atoms with van der Waals surface area (Å²) < 4.78 is 15.6. The van der Waals surface area contributed by atoms with Gasteiger partial charge >= 0.3 is 12.0 Å². The molecule has 1 amide bonds. The Labute approximate surface area is 140 Å². The number of amides is 1. The van der Waals surface area contributed by atoms with Gasteiger partial charge in [-0.05, 0) is 12.3 Å². The van der Waals surface area contributed by atoms with Crippen LogP contribution in [0.25, 0.3) is 0 Å². The lowest BCUT2D eigenvalue weighted by Gasteiger charge is -2.22. The minimum atomic E-state index is -1.10. The molecule has 9 heteroatoms. The van der Waals surface area contributed by atoms with Crippen molar-refractivity contribution in [1.29, 1.82) is 0 Å². The first-order valence-corrected chi connectivity index (χ1v) is 7.49. The van der Waals surface area contributed by atoms with Gasteiger partial charge in [0.25, 0.3) is 5.91 Å². The van der Waals surface area contributed by atoms with Crippen molar-refractivity contribution in [3.8, 4) is 17.8 Å². The molecule has 0 spiro atoms. The number of rotatable bonds is 9. The zero-order valence-corrected chi connectivity index (χ0v) is 14.4. The summed E-state index contributed by atoms with van der Waals surface area (Å²) in [6.07, 6.45) is -0.703. The Hall–Kier alpha value is -2.58. The Morgan fingerprint density at radius 2 is 1.75 bits per heavy atom. The topological polar surface area (TPSA) is 120 Å². The van der Waals surface area contributed by atoms with E-state index in [9.17, 15) is 9.59 Å². The fourth-order valence-electron chi connectivity index (χ4n) is 1.84. The molecule has 1 heterocycles. The molecule has 1 aromatic rings. The number of carboxylic acids is 1. The quantitative estimate of drug-likeness (QED) is 0.679. The molecule has 0 aliphatic carbocycles. The van der Waals surface area contributed by atoms with Crippen LogP contribution in [0.3, 0.4) is 0 Å². The number of nitrogens with one attached hydrogen (secondary N) is 1. The van der Waals surface area contributed by atoms with E-state index < -0.39 is 24.0 Å². The van der Waals surface area contributed by atoms with Crippen LogP contribution in [0.5, 0.6) is 17.8 Å². The third-order valence-corrected chi connectivity index (χ3v) is 3.20. The molecule has 0 radical (unpaired) electrons. The summed E-state index contributed by atoms with van der Waals surface area (Å²) in [7, 11) is 2.85. The van der Waals surface area contributed by atoms with Crippen LogP contribution in [-0.2, 0) is 9.59 Å². The van der Waals surface area contributed by atoms with E-state index in [-0.39, 0.29) is 30.1 Å². The molecule has 0 fully saturated rings. The van der Waals surface area contributed by atoms with Gasteiger partial charge in [-0.15, -0.1) is 0 Å². The van der Waals surface area contributed by atoms with Crippen molar-refractivity contribution in [2.75, 3.05) is 14.2 Å². The van der Waals surface area contributed by atoms with Crippen LogP contribution in [0, 0.1) is 5.92 Å². The molecule has 134 valence electrons. The van der Waals surface area contributed by atoms with Gasteiger partial charge in [-0.1, -0.05) is 20.8 Å². The number of hydrogen-bond donors (Lipinski definition) is 2. The van der Waals surface area contributed by atoms with Crippen molar-refractivity contribution in [3.05, 3.63) is 6.07 Å². The minimum Gasteiger partial charge on any atom is -0.481 e. The Kier molecular flexibility index (Phi) is 7.22. The standard InChI is InChI=1S/C15H23N3O6/c1-6-9(14(20)21)16-13(19)12(8(2)3)24-15-17-10(22-4)7-11(18-15)23-5/h7-9,12H,6H2,1-5H3,(H,16,19)(H,20,21). The van der Waals surface area contributed by atoms with E-state index in [0.29, 0.717) is 0 Å². The van der Waals surface area contributed by atoms with Crippen molar-refractivity contribution in [1.82, 2.24) is 15.3 Å². The van der Waals surface area contributed by atoms with Crippen molar-refractivity contribution < 1.29 is 28.9 Å². The van der Waals surface area contributed by atoms with Crippen molar-refractivity contribution in [2.24, 2.45) is 5.92 Å². The van der Waals surface area contributed by atoms with Gasteiger partial charge in [0.05, 0.1) is 20.3 Å². The van der Waals surface area contributed by atoms with Crippen LogP contribution in [0.4, 0.5) is 0 Å². The lowest BCUT2D eigenvalue weighted by Crippen LogP contribution is -2.48. The molecule has 1 rings (SSSR count). The maximum Gasteiger partial charge on any atom is 0.326 e. The zero-order chi connectivity index (χ0) is 18.3. The first kappa shape index (κ1) is 19.5. The number of carboxylic acid groups (broad SMARTS) is 1. The highest BCUT2D eigenvalue weighted by molar-refractivity contribution is 5.86. The average molecular weight is 341 g/mol. The maximum atomic E-state index is 12.4. The van der Waals surface area contributed by atoms with E-state index in [1.165, 1.54) is 20.3 Å². The third-order valence-electron chi connectivity index (χ3n) is 3.20. The largest absolute Gasteiger partial charge is 0.481 e. The van der Waals surface area contributed by atoms with Crippen molar-refractivity contribution >= 4 is 11.9 Å². The normalized spacial score (nSPS) is 13.1. The lowest BCUT2D eigenvalue weighted by atomic mass is 10.1.